The van der Waals surface area contributed by atoms with Crippen LogP contribution in [0.3, 0.4) is 0 Å². The number of likely N-dealkylation sites (N-methyl/N-ethyl adjacent to an activating group) is 1. The molecule has 0 unspecified atom stereocenters. The Balaban J connectivity index is 1.69. The largest absolute Gasteiger partial charge is 0.494 e. The maximum Gasteiger partial charge on any atom is 0.228 e. The summed E-state index contributed by atoms with van der Waals surface area (Å²) in [6.45, 7) is 0.301. The average molecular weight is 328 g/mol. The zero-order chi connectivity index (χ0) is 17.1. The van der Waals surface area contributed by atoms with E-state index in [1.54, 1.807) is 25.2 Å². The Kier molecular flexibility index (Phi) is 4.46. The molecule has 0 fully saturated rings. The number of methoxy groups -OCH3 is 1. The summed E-state index contributed by atoms with van der Waals surface area (Å²) in [4.78, 5) is 13.9. The van der Waals surface area contributed by atoms with Crippen LogP contribution in [-0.4, -0.2) is 30.1 Å². The molecule has 6 heteroatoms. The van der Waals surface area contributed by atoms with Crippen LogP contribution in [-0.2, 0) is 17.8 Å². The van der Waals surface area contributed by atoms with Gasteiger partial charge in [-0.3, -0.25) is 4.79 Å². The number of carbonyl (C=O) groups is 1. The lowest BCUT2D eigenvalue weighted by molar-refractivity contribution is -0.129. The summed E-state index contributed by atoms with van der Waals surface area (Å²) in [5, 5.41) is 4.79. The molecular formula is C18H17FN2O3. The molecule has 0 aliphatic carbocycles. The second kappa shape index (κ2) is 6.70. The van der Waals surface area contributed by atoms with Gasteiger partial charge in [0.1, 0.15) is 5.69 Å². The van der Waals surface area contributed by atoms with Gasteiger partial charge in [-0.05, 0) is 29.8 Å². The molecule has 0 radical (unpaired) electrons. The quantitative estimate of drug-likeness (QED) is 0.722. The van der Waals surface area contributed by atoms with E-state index in [9.17, 15) is 9.18 Å². The summed E-state index contributed by atoms with van der Waals surface area (Å²) in [6, 6.07) is 12.0. The van der Waals surface area contributed by atoms with Gasteiger partial charge in [-0.2, -0.15) is 0 Å². The average Bonchev–Trinajstić information content (AvgIpc) is 2.98. The Labute approximate surface area is 138 Å². The van der Waals surface area contributed by atoms with Crippen molar-refractivity contribution in [2.75, 3.05) is 14.2 Å². The summed E-state index contributed by atoms with van der Waals surface area (Å²) >= 11 is 0. The molecule has 124 valence electrons. The highest BCUT2D eigenvalue weighted by molar-refractivity contribution is 5.86. The molecule has 0 N–H and O–H groups in total. The van der Waals surface area contributed by atoms with Crippen molar-refractivity contribution < 1.29 is 18.4 Å². The number of ether oxygens (including phenoxy) is 1. The second-order valence-electron chi connectivity index (χ2n) is 5.52. The van der Waals surface area contributed by atoms with E-state index < -0.39 is 5.82 Å². The van der Waals surface area contributed by atoms with Gasteiger partial charge in [-0.1, -0.05) is 23.4 Å². The van der Waals surface area contributed by atoms with E-state index in [2.05, 4.69) is 5.16 Å². The van der Waals surface area contributed by atoms with Crippen LogP contribution in [0.1, 0.15) is 11.3 Å². The third-order valence-corrected chi connectivity index (χ3v) is 3.83. The Bertz CT molecular complexity index is 876. The first-order valence-corrected chi connectivity index (χ1v) is 7.48. The van der Waals surface area contributed by atoms with Gasteiger partial charge < -0.3 is 14.2 Å². The van der Waals surface area contributed by atoms with Crippen LogP contribution in [0.25, 0.3) is 11.0 Å². The Hall–Kier alpha value is -2.89. The van der Waals surface area contributed by atoms with Crippen molar-refractivity contribution in [2.24, 2.45) is 0 Å². The first kappa shape index (κ1) is 16.0. The number of hydrogen-bond donors (Lipinski definition) is 0. The highest BCUT2D eigenvalue weighted by Gasteiger charge is 2.16. The predicted octanol–water partition coefficient (Wildman–Crippen LogP) is 3.18. The van der Waals surface area contributed by atoms with Crippen LogP contribution in [0, 0.1) is 5.82 Å². The molecule has 3 rings (SSSR count). The molecule has 0 aliphatic rings. The van der Waals surface area contributed by atoms with Crippen LogP contribution >= 0.6 is 0 Å². The lowest BCUT2D eigenvalue weighted by Gasteiger charge is -2.17. The Morgan fingerprint density at radius 1 is 1.29 bits per heavy atom. The number of nitrogens with zero attached hydrogens (tertiary/aromatic N) is 2. The number of fused-ring (bicyclic) bond motifs is 1. The van der Waals surface area contributed by atoms with Crippen LogP contribution in [0.5, 0.6) is 5.75 Å². The molecule has 5 nitrogen and oxygen atoms in total. The number of hydrogen-bond acceptors (Lipinski definition) is 4. The highest BCUT2D eigenvalue weighted by Crippen LogP contribution is 2.20. The number of rotatable bonds is 5. The molecule has 3 aromatic rings. The van der Waals surface area contributed by atoms with Crippen molar-refractivity contribution >= 4 is 16.9 Å². The zero-order valence-corrected chi connectivity index (χ0v) is 13.5. The van der Waals surface area contributed by atoms with Gasteiger partial charge in [0.05, 0.1) is 13.5 Å². The van der Waals surface area contributed by atoms with Crippen molar-refractivity contribution in [3.8, 4) is 5.75 Å². The van der Waals surface area contributed by atoms with Gasteiger partial charge >= 0.3 is 0 Å². The molecule has 0 atom stereocenters. The standard InChI is InChI=1S/C18H17FN2O3/c1-21(11-12-7-8-17(23-2)14(19)9-12)18(22)10-15-13-5-3-4-6-16(13)24-20-15/h3-9H,10-11H2,1-2H3. The van der Waals surface area contributed by atoms with Crippen molar-refractivity contribution in [1.29, 1.82) is 0 Å². The first-order valence-electron chi connectivity index (χ1n) is 7.48. The molecular weight excluding hydrogens is 311 g/mol. The number of aromatic nitrogens is 1. The topological polar surface area (TPSA) is 55.6 Å². The third-order valence-electron chi connectivity index (χ3n) is 3.83. The molecule has 2 aromatic carbocycles. The number of amides is 1. The second-order valence-corrected chi connectivity index (χ2v) is 5.52. The lowest BCUT2D eigenvalue weighted by atomic mass is 10.1. The predicted molar refractivity (Wildman–Crippen MR) is 87.1 cm³/mol. The summed E-state index contributed by atoms with van der Waals surface area (Å²) in [7, 11) is 3.09. The SMILES string of the molecule is COc1ccc(CN(C)C(=O)Cc2noc3ccccc23)cc1F. The van der Waals surface area contributed by atoms with Crippen molar-refractivity contribution in [3.63, 3.8) is 0 Å². The summed E-state index contributed by atoms with van der Waals surface area (Å²) < 4.78 is 23.8. The summed E-state index contributed by atoms with van der Waals surface area (Å²) in [6.07, 6.45) is 0.131. The van der Waals surface area contributed by atoms with Gasteiger partial charge in [0.15, 0.2) is 17.1 Å². The summed E-state index contributed by atoms with van der Waals surface area (Å²) in [5.74, 6) is -0.384. The van der Waals surface area contributed by atoms with Crippen LogP contribution < -0.4 is 4.74 Å². The lowest BCUT2D eigenvalue weighted by Crippen LogP contribution is -2.27. The van der Waals surface area contributed by atoms with Gasteiger partial charge in [-0.25, -0.2) is 4.39 Å². The zero-order valence-electron chi connectivity index (χ0n) is 13.5. The Morgan fingerprint density at radius 2 is 2.08 bits per heavy atom. The molecule has 1 heterocycles. The van der Waals surface area contributed by atoms with Crippen molar-refractivity contribution in [1.82, 2.24) is 10.1 Å². The fourth-order valence-corrected chi connectivity index (χ4v) is 2.51. The van der Waals surface area contributed by atoms with Gasteiger partial charge in [-0.15, -0.1) is 0 Å². The first-order chi connectivity index (χ1) is 11.6. The summed E-state index contributed by atoms with van der Waals surface area (Å²) in [5.41, 5.74) is 1.94. The molecule has 0 bridgehead atoms. The number of para-hydroxylation sites is 1. The monoisotopic (exact) mass is 328 g/mol. The fourth-order valence-electron chi connectivity index (χ4n) is 2.51. The Morgan fingerprint density at radius 3 is 2.83 bits per heavy atom. The highest BCUT2D eigenvalue weighted by atomic mass is 19.1. The van der Waals surface area contributed by atoms with Gasteiger partial charge in [0.2, 0.25) is 5.91 Å². The molecule has 0 saturated carbocycles. The van der Waals surface area contributed by atoms with E-state index in [0.29, 0.717) is 23.4 Å². The molecule has 0 saturated heterocycles. The normalized spacial score (nSPS) is 10.8. The van der Waals surface area contributed by atoms with Crippen molar-refractivity contribution in [2.45, 2.75) is 13.0 Å². The molecule has 1 aromatic heterocycles. The van der Waals surface area contributed by atoms with Gasteiger partial charge in [0.25, 0.3) is 0 Å². The van der Waals surface area contributed by atoms with E-state index in [1.165, 1.54) is 18.1 Å². The van der Waals surface area contributed by atoms with E-state index in [1.807, 2.05) is 18.2 Å². The maximum absolute atomic E-state index is 13.7. The number of halogens is 1. The van der Waals surface area contributed by atoms with Crippen LogP contribution in [0.2, 0.25) is 0 Å². The molecule has 0 spiro atoms. The van der Waals surface area contributed by atoms with Crippen molar-refractivity contribution in [3.05, 3.63) is 59.5 Å². The van der Waals surface area contributed by atoms with E-state index in [4.69, 9.17) is 9.26 Å². The van der Waals surface area contributed by atoms with E-state index in [-0.39, 0.29) is 18.1 Å². The molecule has 24 heavy (non-hydrogen) atoms. The van der Waals surface area contributed by atoms with E-state index in [0.717, 1.165) is 5.39 Å². The van der Waals surface area contributed by atoms with Gasteiger partial charge in [0, 0.05) is 19.0 Å². The fraction of sp³-hybridized carbons (Fsp3) is 0.222. The minimum absolute atomic E-state index is 0.120. The van der Waals surface area contributed by atoms with Crippen LogP contribution in [0.15, 0.2) is 47.0 Å². The minimum Gasteiger partial charge on any atom is -0.494 e. The maximum atomic E-state index is 13.7. The molecule has 1 amide bonds. The van der Waals surface area contributed by atoms with E-state index >= 15 is 0 Å². The minimum atomic E-state index is -0.446. The third kappa shape index (κ3) is 3.22. The van der Waals surface area contributed by atoms with Crippen LogP contribution in [0.4, 0.5) is 4.39 Å². The smallest absolute Gasteiger partial charge is 0.228 e. The number of carbonyl (C=O) groups excluding carboxylic acids is 1. The number of benzene rings is 2. The molecule has 0 aliphatic heterocycles.